The molecule has 8 nitrogen and oxygen atoms in total. The zero-order valence-corrected chi connectivity index (χ0v) is 21.3. The van der Waals surface area contributed by atoms with Gasteiger partial charge in [0.05, 0.1) is 18.6 Å². The highest BCUT2D eigenvalue weighted by Crippen LogP contribution is 2.66. The summed E-state index contributed by atoms with van der Waals surface area (Å²) in [6, 6.07) is 0. The van der Waals surface area contributed by atoms with Crippen LogP contribution in [0.4, 0.5) is 22.0 Å². The van der Waals surface area contributed by atoms with E-state index < -0.39 is 72.9 Å². The van der Waals surface area contributed by atoms with Gasteiger partial charge in [0.15, 0.2) is 12.4 Å². The highest BCUT2D eigenvalue weighted by molar-refractivity contribution is 5.77. The van der Waals surface area contributed by atoms with Crippen LogP contribution in [0.1, 0.15) is 58.8 Å². The Balaban J connectivity index is 1.47. The van der Waals surface area contributed by atoms with E-state index in [-0.39, 0.29) is 37.4 Å². The van der Waals surface area contributed by atoms with Crippen molar-refractivity contribution in [3.63, 3.8) is 0 Å². The molecule has 4 bridgehead atoms. The van der Waals surface area contributed by atoms with Gasteiger partial charge in [-0.25, -0.2) is 8.78 Å². The highest BCUT2D eigenvalue weighted by atomic mass is 19.4. The first-order chi connectivity index (χ1) is 17.6. The summed E-state index contributed by atoms with van der Waals surface area (Å²) in [6.07, 6.45) is -4.60. The molecule has 0 radical (unpaired) electrons. The molecule has 1 spiro atoms. The topological polar surface area (TPSA) is 97.4 Å². The van der Waals surface area contributed by atoms with Gasteiger partial charge in [-0.05, 0) is 38.0 Å². The zero-order chi connectivity index (χ0) is 27.9. The monoisotopic (exact) mass is 556 g/mol. The average molecular weight is 557 g/mol. The van der Waals surface area contributed by atoms with E-state index in [9.17, 15) is 36.3 Å². The SMILES string of the molecule is CCC(=O)OCC1OC2(OCC1COC(=O)CC(F)(F)F)C1CC3CC2CC(C(=O)OCC(C)(F)F)(C3)C1. The Morgan fingerprint density at radius 3 is 2.13 bits per heavy atom. The van der Waals surface area contributed by atoms with Crippen molar-refractivity contribution in [2.24, 2.45) is 29.1 Å². The quantitative estimate of drug-likeness (QED) is 0.237. The van der Waals surface area contributed by atoms with Gasteiger partial charge in [0, 0.05) is 31.1 Å². The molecule has 1 saturated heterocycles. The zero-order valence-electron chi connectivity index (χ0n) is 21.3. The van der Waals surface area contributed by atoms with Gasteiger partial charge in [-0.2, -0.15) is 13.2 Å². The molecule has 4 aliphatic carbocycles. The van der Waals surface area contributed by atoms with Crippen molar-refractivity contribution >= 4 is 17.9 Å². The number of halogens is 5. The minimum absolute atomic E-state index is 0.0230. The van der Waals surface area contributed by atoms with Crippen LogP contribution in [0, 0.1) is 29.1 Å². The molecule has 216 valence electrons. The standard InChI is InChI=1S/C25H33F5O8/c1-3-19(31)35-12-18-15(10-34-20(32)9-24(28,29)30)11-37-25(38-18)16-4-14-5-17(25)8-23(6-14,7-16)21(33)36-13-22(2,26)27/h14-18H,3-13H2,1-2H3. The first kappa shape index (κ1) is 29.0. The van der Waals surface area contributed by atoms with Crippen LogP contribution >= 0.6 is 0 Å². The third-order valence-corrected chi connectivity index (χ3v) is 8.10. The van der Waals surface area contributed by atoms with Crippen molar-refractivity contribution in [3.8, 4) is 0 Å². The van der Waals surface area contributed by atoms with Crippen molar-refractivity contribution < 1.29 is 60.0 Å². The molecule has 5 fully saturated rings. The smallest absolute Gasteiger partial charge is 0.399 e. The minimum atomic E-state index is -4.71. The molecule has 5 aliphatic rings. The van der Waals surface area contributed by atoms with E-state index in [0.717, 1.165) is 0 Å². The Labute approximate surface area is 216 Å². The summed E-state index contributed by atoms with van der Waals surface area (Å²) in [5, 5.41) is 0. The molecule has 0 N–H and O–H groups in total. The molecule has 0 aromatic rings. The molecule has 0 amide bonds. The van der Waals surface area contributed by atoms with Crippen LogP contribution in [0.3, 0.4) is 0 Å². The van der Waals surface area contributed by atoms with Gasteiger partial charge in [-0.3, -0.25) is 14.4 Å². The van der Waals surface area contributed by atoms with Gasteiger partial charge >= 0.3 is 24.1 Å². The van der Waals surface area contributed by atoms with Crippen LogP contribution in [-0.4, -0.2) is 68.3 Å². The summed E-state index contributed by atoms with van der Waals surface area (Å²) in [5.74, 6) is -7.91. The van der Waals surface area contributed by atoms with Gasteiger partial charge in [-0.15, -0.1) is 0 Å². The number of hydrogen-bond acceptors (Lipinski definition) is 8. The maximum absolute atomic E-state index is 13.3. The summed E-state index contributed by atoms with van der Waals surface area (Å²) in [5.41, 5.74) is -0.909. The number of esters is 3. The fraction of sp³-hybridized carbons (Fsp3) is 0.880. The van der Waals surface area contributed by atoms with Crippen LogP contribution in [0.2, 0.25) is 0 Å². The lowest BCUT2D eigenvalue weighted by Gasteiger charge is -2.65. The third kappa shape index (κ3) is 6.24. The fourth-order valence-corrected chi connectivity index (χ4v) is 6.68. The molecule has 4 atom stereocenters. The predicted molar refractivity (Wildman–Crippen MR) is 117 cm³/mol. The number of carbonyl (C=O) groups excluding carboxylic acids is 3. The minimum Gasteiger partial charge on any atom is -0.465 e. The van der Waals surface area contributed by atoms with Gasteiger partial charge in [-0.1, -0.05) is 6.92 Å². The van der Waals surface area contributed by atoms with E-state index in [1.807, 2.05) is 0 Å². The van der Waals surface area contributed by atoms with Crippen molar-refractivity contribution in [2.75, 3.05) is 26.4 Å². The third-order valence-electron chi connectivity index (χ3n) is 8.10. The van der Waals surface area contributed by atoms with Gasteiger partial charge in [0.2, 0.25) is 0 Å². The van der Waals surface area contributed by atoms with Crippen LogP contribution in [0.5, 0.6) is 0 Å². The second-order valence-electron chi connectivity index (χ2n) is 11.2. The van der Waals surface area contributed by atoms with Crippen LogP contribution < -0.4 is 0 Å². The maximum atomic E-state index is 13.3. The molecule has 4 saturated carbocycles. The maximum Gasteiger partial charge on any atom is 0.399 e. The first-order valence-electron chi connectivity index (χ1n) is 12.9. The lowest BCUT2D eigenvalue weighted by molar-refractivity contribution is -0.397. The van der Waals surface area contributed by atoms with Crippen molar-refractivity contribution in [2.45, 2.75) is 82.8 Å². The number of hydrogen-bond donors (Lipinski definition) is 0. The van der Waals surface area contributed by atoms with E-state index in [2.05, 4.69) is 0 Å². The van der Waals surface area contributed by atoms with E-state index in [4.69, 9.17) is 23.7 Å². The molecule has 5 rings (SSSR count). The van der Waals surface area contributed by atoms with E-state index in [1.165, 1.54) is 0 Å². The van der Waals surface area contributed by atoms with E-state index in [0.29, 0.717) is 39.0 Å². The highest BCUT2D eigenvalue weighted by Gasteiger charge is 2.68. The fourth-order valence-electron chi connectivity index (χ4n) is 6.68. The lowest BCUT2D eigenvalue weighted by atomic mass is 9.47. The molecule has 38 heavy (non-hydrogen) atoms. The number of alkyl halides is 5. The Hall–Kier alpha value is -2.02. The molecule has 0 aromatic carbocycles. The molecule has 4 unspecified atom stereocenters. The average Bonchev–Trinajstić information content (AvgIpc) is 2.81. The van der Waals surface area contributed by atoms with Gasteiger partial charge < -0.3 is 23.7 Å². The number of ether oxygens (including phenoxy) is 5. The Morgan fingerprint density at radius 2 is 1.55 bits per heavy atom. The largest absolute Gasteiger partial charge is 0.465 e. The van der Waals surface area contributed by atoms with Crippen LogP contribution in [0.15, 0.2) is 0 Å². The summed E-state index contributed by atoms with van der Waals surface area (Å²) in [7, 11) is 0. The molecule has 1 heterocycles. The second kappa shape index (κ2) is 10.5. The van der Waals surface area contributed by atoms with Crippen molar-refractivity contribution in [1.29, 1.82) is 0 Å². The normalized spacial score (nSPS) is 36.2. The van der Waals surface area contributed by atoms with Crippen LogP contribution in [-0.2, 0) is 38.1 Å². The molecule has 0 aromatic heterocycles. The molecular weight excluding hydrogens is 523 g/mol. The molecular formula is C25H33F5O8. The lowest BCUT2D eigenvalue weighted by Crippen LogP contribution is -2.68. The Bertz CT molecular complexity index is 900. The number of carbonyl (C=O) groups is 3. The summed E-state index contributed by atoms with van der Waals surface area (Å²) in [4.78, 5) is 36.4. The molecule has 1 aliphatic heterocycles. The Morgan fingerprint density at radius 1 is 0.921 bits per heavy atom. The van der Waals surface area contributed by atoms with E-state index >= 15 is 0 Å². The van der Waals surface area contributed by atoms with Crippen molar-refractivity contribution in [3.05, 3.63) is 0 Å². The summed E-state index contributed by atoms with van der Waals surface area (Å²) >= 11 is 0. The second-order valence-corrected chi connectivity index (χ2v) is 11.2. The molecule has 13 heteroatoms. The summed E-state index contributed by atoms with van der Waals surface area (Å²) in [6.45, 7) is 0.645. The van der Waals surface area contributed by atoms with Crippen LogP contribution in [0.25, 0.3) is 0 Å². The predicted octanol–water partition coefficient (Wildman–Crippen LogP) is 4.19. The Kier molecular flexibility index (Phi) is 8.02. The summed E-state index contributed by atoms with van der Waals surface area (Å²) < 4.78 is 92.0. The van der Waals surface area contributed by atoms with Gasteiger partial charge in [0.25, 0.3) is 5.92 Å². The number of rotatable bonds is 9. The van der Waals surface area contributed by atoms with Gasteiger partial charge in [0.1, 0.15) is 19.1 Å². The van der Waals surface area contributed by atoms with E-state index in [1.54, 1.807) is 6.92 Å². The first-order valence-corrected chi connectivity index (χ1v) is 12.9. The van der Waals surface area contributed by atoms with Crippen molar-refractivity contribution in [1.82, 2.24) is 0 Å².